The highest BCUT2D eigenvalue weighted by Gasteiger charge is 2.29. The van der Waals surface area contributed by atoms with Gasteiger partial charge in [0, 0.05) is 5.39 Å². The van der Waals surface area contributed by atoms with E-state index in [4.69, 9.17) is 15.2 Å². The van der Waals surface area contributed by atoms with E-state index in [0.29, 0.717) is 41.5 Å². The molecule has 5 nitrogen and oxygen atoms in total. The van der Waals surface area contributed by atoms with Crippen LogP contribution in [0.1, 0.15) is 32.3 Å². The predicted octanol–water partition coefficient (Wildman–Crippen LogP) is 2.99. The summed E-state index contributed by atoms with van der Waals surface area (Å²) in [6, 6.07) is 5.35. The molecule has 2 N–H and O–H groups in total. The molecule has 130 valence electrons. The second-order valence-electron chi connectivity index (χ2n) is 5.96. The number of nitrogens with zero attached hydrogens (tertiary/aromatic N) is 1. The molecule has 1 aromatic carbocycles. The van der Waals surface area contributed by atoms with Gasteiger partial charge in [0.25, 0.3) is 0 Å². The standard InChI is InChI=1S/C18H23FN2O3/c1-4-24-17(22)18(2,20)9-5-6-13-14-10-12(23-3)7-8-16(14)21-11-15(13)19/h7-8,10-11H,4-6,9,20H2,1-3H3. The van der Waals surface area contributed by atoms with E-state index in [1.165, 1.54) is 6.20 Å². The summed E-state index contributed by atoms with van der Waals surface area (Å²) in [6.07, 6.45) is 2.62. The zero-order valence-electron chi connectivity index (χ0n) is 14.3. The molecule has 1 aromatic heterocycles. The number of rotatable bonds is 7. The predicted molar refractivity (Wildman–Crippen MR) is 90.4 cm³/mol. The molecule has 0 fully saturated rings. The van der Waals surface area contributed by atoms with Gasteiger partial charge in [-0.1, -0.05) is 0 Å². The summed E-state index contributed by atoms with van der Waals surface area (Å²) in [5.74, 6) is -0.163. The number of aromatic nitrogens is 1. The fraction of sp³-hybridized carbons (Fsp3) is 0.444. The maximum Gasteiger partial charge on any atom is 0.325 e. The zero-order chi connectivity index (χ0) is 17.7. The van der Waals surface area contributed by atoms with Crippen LogP contribution >= 0.6 is 0 Å². The van der Waals surface area contributed by atoms with Crippen LogP contribution in [-0.2, 0) is 16.0 Å². The normalized spacial score (nSPS) is 13.5. The summed E-state index contributed by atoms with van der Waals surface area (Å²) in [5, 5.41) is 0.712. The average Bonchev–Trinajstić information content (AvgIpc) is 2.56. The molecule has 6 heteroatoms. The second-order valence-corrected chi connectivity index (χ2v) is 5.96. The Kier molecular flexibility index (Phi) is 5.72. The number of halogens is 1. The molecule has 0 aliphatic heterocycles. The molecule has 0 aliphatic rings. The number of nitrogens with two attached hydrogens (primary N) is 1. The van der Waals surface area contributed by atoms with Gasteiger partial charge in [0.05, 0.1) is 25.4 Å². The van der Waals surface area contributed by atoms with Gasteiger partial charge < -0.3 is 15.2 Å². The van der Waals surface area contributed by atoms with Crippen molar-refractivity contribution in [2.75, 3.05) is 13.7 Å². The van der Waals surface area contributed by atoms with Crippen LogP contribution in [-0.4, -0.2) is 30.2 Å². The number of hydrogen-bond acceptors (Lipinski definition) is 5. The topological polar surface area (TPSA) is 74.4 Å². The molecule has 24 heavy (non-hydrogen) atoms. The lowest BCUT2D eigenvalue weighted by molar-refractivity contribution is -0.149. The molecule has 1 atom stereocenters. The van der Waals surface area contributed by atoms with Gasteiger partial charge in [-0.15, -0.1) is 0 Å². The third-order valence-corrected chi connectivity index (χ3v) is 4.00. The Hall–Kier alpha value is -2.21. The largest absolute Gasteiger partial charge is 0.497 e. The van der Waals surface area contributed by atoms with Crippen molar-refractivity contribution in [3.05, 3.63) is 35.8 Å². The fourth-order valence-corrected chi connectivity index (χ4v) is 2.61. The smallest absolute Gasteiger partial charge is 0.325 e. The van der Waals surface area contributed by atoms with E-state index in [2.05, 4.69) is 4.98 Å². The van der Waals surface area contributed by atoms with E-state index in [0.717, 1.165) is 0 Å². The van der Waals surface area contributed by atoms with Gasteiger partial charge in [-0.2, -0.15) is 0 Å². The molecule has 2 aromatic rings. The number of carbonyl (C=O) groups is 1. The van der Waals surface area contributed by atoms with Gasteiger partial charge >= 0.3 is 5.97 Å². The minimum atomic E-state index is -1.08. The van der Waals surface area contributed by atoms with Crippen molar-refractivity contribution in [1.82, 2.24) is 4.98 Å². The van der Waals surface area contributed by atoms with E-state index in [1.54, 1.807) is 39.2 Å². The molecular formula is C18H23FN2O3. The molecule has 0 bridgehead atoms. The van der Waals surface area contributed by atoms with Gasteiger partial charge in [0.15, 0.2) is 0 Å². The quantitative estimate of drug-likeness (QED) is 0.788. The third kappa shape index (κ3) is 4.00. The summed E-state index contributed by atoms with van der Waals surface area (Å²) in [7, 11) is 1.56. The summed E-state index contributed by atoms with van der Waals surface area (Å²) in [4.78, 5) is 15.9. The molecular weight excluding hydrogens is 311 g/mol. The van der Waals surface area contributed by atoms with Gasteiger partial charge in [-0.25, -0.2) is 4.39 Å². The Morgan fingerprint density at radius 3 is 2.83 bits per heavy atom. The van der Waals surface area contributed by atoms with Crippen molar-refractivity contribution in [1.29, 1.82) is 0 Å². The first-order valence-electron chi connectivity index (χ1n) is 7.96. The Bertz CT molecular complexity index is 732. The third-order valence-electron chi connectivity index (χ3n) is 4.00. The van der Waals surface area contributed by atoms with Crippen LogP contribution in [0, 0.1) is 5.82 Å². The highest BCUT2D eigenvalue weighted by molar-refractivity contribution is 5.83. The Morgan fingerprint density at radius 1 is 1.42 bits per heavy atom. The van der Waals surface area contributed by atoms with Crippen LogP contribution in [0.5, 0.6) is 5.75 Å². The first-order valence-corrected chi connectivity index (χ1v) is 7.96. The molecule has 2 rings (SSSR count). The van der Waals surface area contributed by atoms with Crippen molar-refractivity contribution in [2.45, 2.75) is 38.6 Å². The van der Waals surface area contributed by atoms with Crippen LogP contribution in [0.25, 0.3) is 10.9 Å². The SMILES string of the molecule is CCOC(=O)C(C)(N)CCCc1c(F)cnc2ccc(OC)cc12. The maximum atomic E-state index is 14.2. The first-order chi connectivity index (χ1) is 11.4. The number of carbonyl (C=O) groups excluding carboxylic acids is 1. The van der Waals surface area contributed by atoms with Crippen molar-refractivity contribution < 1.29 is 18.7 Å². The lowest BCUT2D eigenvalue weighted by Gasteiger charge is -2.22. The lowest BCUT2D eigenvalue weighted by atomic mass is 9.93. The minimum Gasteiger partial charge on any atom is -0.497 e. The average molecular weight is 334 g/mol. The molecule has 1 heterocycles. The van der Waals surface area contributed by atoms with E-state index >= 15 is 0 Å². The number of esters is 1. The molecule has 0 aliphatic carbocycles. The highest BCUT2D eigenvalue weighted by atomic mass is 19.1. The Labute approximate surface area is 141 Å². The van der Waals surface area contributed by atoms with Crippen LogP contribution in [0.15, 0.2) is 24.4 Å². The fourth-order valence-electron chi connectivity index (χ4n) is 2.61. The number of hydrogen-bond donors (Lipinski definition) is 1. The number of aryl methyl sites for hydroxylation is 1. The number of fused-ring (bicyclic) bond motifs is 1. The minimum absolute atomic E-state index is 0.287. The molecule has 0 saturated heterocycles. The van der Waals surface area contributed by atoms with Gasteiger partial charge in [0.1, 0.15) is 17.1 Å². The zero-order valence-corrected chi connectivity index (χ0v) is 14.3. The molecule has 0 saturated carbocycles. The molecule has 1 unspecified atom stereocenters. The summed E-state index contributed by atoms with van der Waals surface area (Å²) >= 11 is 0. The van der Waals surface area contributed by atoms with Crippen molar-refractivity contribution in [3.8, 4) is 5.75 Å². The van der Waals surface area contributed by atoms with E-state index in [-0.39, 0.29) is 12.4 Å². The first kappa shape index (κ1) is 18.1. The van der Waals surface area contributed by atoms with E-state index in [9.17, 15) is 9.18 Å². The Morgan fingerprint density at radius 2 is 2.17 bits per heavy atom. The van der Waals surface area contributed by atoms with E-state index < -0.39 is 11.5 Å². The second kappa shape index (κ2) is 7.57. The monoisotopic (exact) mass is 334 g/mol. The Balaban J connectivity index is 2.17. The molecule has 0 amide bonds. The summed E-state index contributed by atoms with van der Waals surface area (Å²) in [5.41, 5.74) is 6.19. The number of methoxy groups -OCH3 is 1. The van der Waals surface area contributed by atoms with Gasteiger partial charge in [0.2, 0.25) is 0 Å². The highest BCUT2D eigenvalue weighted by Crippen LogP contribution is 2.26. The van der Waals surface area contributed by atoms with Crippen LogP contribution < -0.4 is 10.5 Å². The summed E-state index contributed by atoms with van der Waals surface area (Å²) < 4.78 is 24.4. The van der Waals surface area contributed by atoms with Crippen LogP contribution in [0.2, 0.25) is 0 Å². The number of pyridine rings is 1. The van der Waals surface area contributed by atoms with Gasteiger partial charge in [-0.05, 0) is 56.9 Å². The van der Waals surface area contributed by atoms with Crippen LogP contribution in [0.3, 0.4) is 0 Å². The molecule has 0 radical (unpaired) electrons. The van der Waals surface area contributed by atoms with Crippen molar-refractivity contribution in [3.63, 3.8) is 0 Å². The van der Waals surface area contributed by atoms with Crippen molar-refractivity contribution >= 4 is 16.9 Å². The van der Waals surface area contributed by atoms with Crippen molar-refractivity contribution in [2.24, 2.45) is 5.73 Å². The summed E-state index contributed by atoms with van der Waals surface area (Å²) in [6.45, 7) is 3.66. The van der Waals surface area contributed by atoms with Crippen LogP contribution in [0.4, 0.5) is 4.39 Å². The number of ether oxygens (including phenoxy) is 2. The van der Waals surface area contributed by atoms with Gasteiger partial charge in [-0.3, -0.25) is 9.78 Å². The molecule has 0 spiro atoms. The number of benzene rings is 1. The van der Waals surface area contributed by atoms with E-state index in [1.807, 2.05) is 0 Å². The maximum absolute atomic E-state index is 14.2. The lowest BCUT2D eigenvalue weighted by Crippen LogP contribution is -2.46.